The van der Waals surface area contributed by atoms with Crippen molar-refractivity contribution in [1.29, 1.82) is 0 Å². The molecule has 2 N–H and O–H groups in total. The van der Waals surface area contributed by atoms with Gasteiger partial charge in [-0.05, 0) is 42.5 Å². The number of benzene rings is 1. The lowest BCUT2D eigenvalue weighted by atomic mass is 9.92. The number of halogens is 1. The molecule has 1 aromatic carbocycles. The predicted molar refractivity (Wildman–Crippen MR) is 85.1 cm³/mol. The summed E-state index contributed by atoms with van der Waals surface area (Å²) in [5.41, 5.74) is 8.16. The summed E-state index contributed by atoms with van der Waals surface area (Å²) in [5, 5.41) is 0. The van der Waals surface area contributed by atoms with Gasteiger partial charge in [0.15, 0.2) is 0 Å². The number of rotatable bonds is 4. The van der Waals surface area contributed by atoms with E-state index in [-0.39, 0.29) is 6.04 Å². The molecule has 1 aliphatic rings. The topological polar surface area (TPSA) is 29.3 Å². The fraction of sp³-hybridized carbons (Fsp3) is 0.625. The number of nitrogens with zero attached hydrogens (tertiary/aromatic N) is 1. The van der Waals surface area contributed by atoms with Crippen molar-refractivity contribution in [2.45, 2.75) is 45.7 Å². The first-order valence-corrected chi connectivity index (χ1v) is 7.97. The molecule has 0 radical (unpaired) electrons. The lowest BCUT2D eigenvalue weighted by Crippen LogP contribution is -2.40. The first-order chi connectivity index (χ1) is 8.93. The van der Waals surface area contributed by atoms with Crippen molar-refractivity contribution in [2.24, 2.45) is 11.1 Å². The molecule has 0 aromatic heterocycles. The van der Waals surface area contributed by atoms with Crippen LogP contribution in [0.5, 0.6) is 0 Å². The van der Waals surface area contributed by atoms with Gasteiger partial charge in [0.1, 0.15) is 0 Å². The normalized spacial score (nSPS) is 22.4. The molecule has 1 aromatic rings. The molecule has 3 heteroatoms. The van der Waals surface area contributed by atoms with E-state index in [1.165, 1.54) is 12.0 Å². The van der Waals surface area contributed by atoms with E-state index >= 15 is 0 Å². The minimum atomic E-state index is 0.197. The second-order valence-corrected chi connectivity index (χ2v) is 7.37. The molecule has 0 amide bonds. The van der Waals surface area contributed by atoms with Crippen molar-refractivity contribution in [1.82, 2.24) is 4.90 Å². The van der Waals surface area contributed by atoms with E-state index in [0.29, 0.717) is 11.5 Å². The van der Waals surface area contributed by atoms with E-state index in [9.17, 15) is 0 Å². The Morgan fingerprint density at radius 3 is 2.68 bits per heavy atom. The maximum absolute atomic E-state index is 6.41. The summed E-state index contributed by atoms with van der Waals surface area (Å²) in [6, 6.07) is 9.14. The smallest absolute Gasteiger partial charge is 0.0499 e. The number of hydrogen-bond donors (Lipinski definition) is 1. The first-order valence-electron chi connectivity index (χ1n) is 7.18. The van der Waals surface area contributed by atoms with Crippen molar-refractivity contribution in [3.05, 3.63) is 34.3 Å². The highest BCUT2D eigenvalue weighted by molar-refractivity contribution is 9.10. The van der Waals surface area contributed by atoms with Gasteiger partial charge in [0.2, 0.25) is 0 Å². The van der Waals surface area contributed by atoms with Gasteiger partial charge in [-0.3, -0.25) is 4.90 Å². The van der Waals surface area contributed by atoms with Crippen LogP contribution in [0.2, 0.25) is 0 Å². The maximum atomic E-state index is 6.41. The average molecular weight is 325 g/mol. The Bertz CT molecular complexity index is 431. The van der Waals surface area contributed by atoms with Gasteiger partial charge in [-0.2, -0.15) is 0 Å². The van der Waals surface area contributed by atoms with Crippen molar-refractivity contribution in [3.8, 4) is 0 Å². The number of hydrogen-bond acceptors (Lipinski definition) is 2. The molecular formula is C16H25BrN2. The number of likely N-dealkylation sites (tertiary alicyclic amines) is 1. The van der Waals surface area contributed by atoms with E-state index in [0.717, 1.165) is 24.0 Å². The molecule has 19 heavy (non-hydrogen) atoms. The third-order valence-corrected chi connectivity index (χ3v) is 4.66. The van der Waals surface area contributed by atoms with Crippen LogP contribution in [0.4, 0.5) is 0 Å². The molecule has 2 unspecified atom stereocenters. The molecule has 0 aliphatic carbocycles. The highest BCUT2D eigenvalue weighted by Gasteiger charge is 2.35. The molecule has 2 atom stereocenters. The van der Waals surface area contributed by atoms with E-state index in [1.54, 1.807) is 0 Å². The summed E-state index contributed by atoms with van der Waals surface area (Å²) >= 11 is 3.57. The van der Waals surface area contributed by atoms with Crippen molar-refractivity contribution in [2.75, 3.05) is 13.1 Å². The lowest BCUT2D eigenvalue weighted by Gasteiger charge is -2.33. The largest absolute Gasteiger partial charge is 0.326 e. The summed E-state index contributed by atoms with van der Waals surface area (Å²) in [6.07, 6.45) is 2.27. The first kappa shape index (κ1) is 15.0. The fourth-order valence-corrected chi connectivity index (χ4v) is 3.45. The third-order valence-electron chi connectivity index (χ3n) is 4.17. The van der Waals surface area contributed by atoms with Gasteiger partial charge in [0, 0.05) is 23.1 Å². The zero-order valence-electron chi connectivity index (χ0n) is 12.2. The molecule has 1 fully saturated rings. The standard InChI is InChI=1S/C16H25BrN2/c1-4-14(18)15(12-6-5-7-13(17)10-12)19-9-8-16(2,3)11-19/h5-7,10,14-15H,4,8-9,11,18H2,1-3H3. The van der Waals surface area contributed by atoms with E-state index in [1.807, 2.05) is 0 Å². The predicted octanol–water partition coefficient (Wildman–Crippen LogP) is 3.96. The van der Waals surface area contributed by atoms with Gasteiger partial charge in [-0.1, -0.05) is 48.8 Å². The molecule has 2 rings (SSSR count). The lowest BCUT2D eigenvalue weighted by molar-refractivity contribution is 0.189. The van der Waals surface area contributed by atoms with Crippen molar-refractivity contribution < 1.29 is 0 Å². The Balaban J connectivity index is 2.27. The fourth-order valence-electron chi connectivity index (χ4n) is 3.03. The van der Waals surface area contributed by atoms with Crippen LogP contribution in [-0.2, 0) is 0 Å². The minimum absolute atomic E-state index is 0.197. The average Bonchev–Trinajstić information content (AvgIpc) is 2.69. The Hall–Kier alpha value is -0.380. The molecule has 0 saturated carbocycles. The van der Waals surface area contributed by atoms with E-state index in [4.69, 9.17) is 5.73 Å². The minimum Gasteiger partial charge on any atom is -0.326 e. The summed E-state index contributed by atoms with van der Waals surface area (Å²) in [6.45, 7) is 9.16. The Morgan fingerprint density at radius 1 is 1.42 bits per heavy atom. The summed E-state index contributed by atoms with van der Waals surface area (Å²) in [7, 11) is 0. The third kappa shape index (κ3) is 3.59. The van der Waals surface area contributed by atoms with Gasteiger partial charge >= 0.3 is 0 Å². The van der Waals surface area contributed by atoms with E-state index < -0.39 is 0 Å². The van der Waals surface area contributed by atoms with Gasteiger partial charge in [0.05, 0.1) is 0 Å². The highest BCUT2D eigenvalue weighted by atomic mass is 79.9. The molecule has 1 heterocycles. The molecule has 0 spiro atoms. The van der Waals surface area contributed by atoms with Gasteiger partial charge in [0.25, 0.3) is 0 Å². The van der Waals surface area contributed by atoms with Crippen LogP contribution in [0.15, 0.2) is 28.7 Å². The Labute approximate surface area is 125 Å². The van der Waals surface area contributed by atoms with E-state index in [2.05, 4.69) is 65.9 Å². The van der Waals surface area contributed by atoms with Gasteiger partial charge in [-0.25, -0.2) is 0 Å². The van der Waals surface area contributed by atoms with Crippen LogP contribution in [-0.4, -0.2) is 24.0 Å². The monoisotopic (exact) mass is 324 g/mol. The molecular weight excluding hydrogens is 300 g/mol. The Morgan fingerprint density at radius 2 is 2.16 bits per heavy atom. The van der Waals surface area contributed by atoms with Crippen LogP contribution in [0.3, 0.4) is 0 Å². The van der Waals surface area contributed by atoms with Crippen molar-refractivity contribution in [3.63, 3.8) is 0 Å². The van der Waals surface area contributed by atoms with Crippen LogP contribution in [0, 0.1) is 5.41 Å². The van der Waals surface area contributed by atoms with Crippen LogP contribution in [0.25, 0.3) is 0 Å². The summed E-state index contributed by atoms with van der Waals surface area (Å²) in [5.74, 6) is 0. The van der Waals surface area contributed by atoms with Gasteiger partial charge in [-0.15, -0.1) is 0 Å². The summed E-state index contributed by atoms with van der Waals surface area (Å²) in [4.78, 5) is 2.57. The maximum Gasteiger partial charge on any atom is 0.0499 e. The zero-order chi connectivity index (χ0) is 14.0. The molecule has 106 valence electrons. The second kappa shape index (κ2) is 5.94. The Kier molecular flexibility index (Phi) is 4.70. The summed E-state index contributed by atoms with van der Waals surface area (Å²) < 4.78 is 1.14. The molecule has 1 aliphatic heterocycles. The molecule has 1 saturated heterocycles. The van der Waals surface area contributed by atoms with Crippen LogP contribution >= 0.6 is 15.9 Å². The highest BCUT2D eigenvalue weighted by Crippen LogP contribution is 2.36. The quantitative estimate of drug-likeness (QED) is 0.908. The van der Waals surface area contributed by atoms with Crippen LogP contribution in [0.1, 0.15) is 45.2 Å². The molecule has 0 bridgehead atoms. The van der Waals surface area contributed by atoms with Crippen LogP contribution < -0.4 is 5.73 Å². The SMILES string of the molecule is CCC(N)C(c1cccc(Br)c1)N1CCC(C)(C)C1. The molecule has 2 nitrogen and oxygen atoms in total. The zero-order valence-corrected chi connectivity index (χ0v) is 13.8. The second-order valence-electron chi connectivity index (χ2n) is 6.46. The van der Waals surface area contributed by atoms with Crippen molar-refractivity contribution >= 4 is 15.9 Å². The van der Waals surface area contributed by atoms with Gasteiger partial charge < -0.3 is 5.73 Å². The number of nitrogens with two attached hydrogens (primary N) is 1.